The molecular weight excluding hydrogens is 314 g/mol. The molecule has 0 saturated heterocycles. The van der Waals surface area contributed by atoms with Crippen LogP contribution in [0.3, 0.4) is 0 Å². The summed E-state index contributed by atoms with van der Waals surface area (Å²) in [7, 11) is -3.79. The Morgan fingerprint density at radius 1 is 1.00 bits per heavy atom. The number of benzene rings is 2. The minimum atomic E-state index is -3.79. The molecule has 3 aromatic rings. The second-order valence-electron chi connectivity index (χ2n) is 4.37. The minimum absolute atomic E-state index is 0.0326. The SMILES string of the molecule is O=c1[nH]c2ccc(S(=O)(=O)Nc3ccccc3Cl)cc2[nH]1. The van der Waals surface area contributed by atoms with E-state index in [0.717, 1.165) is 0 Å². The number of fused-ring (bicyclic) bond motifs is 1. The number of nitrogens with one attached hydrogen (secondary N) is 3. The number of imidazole rings is 1. The lowest BCUT2D eigenvalue weighted by molar-refractivity contribution is 0.601. The molecule has 3 rings (SSSR count). The van der Waals surface area contributed by atoms with Gasteiger partial charge in [0.15, 0.2) is 0 Å². The summed E-state index contributed by atoms with van der Waals surface area (Å²) < 4.78 is 27.1. The number of aromatic amines is 2. The van der Waals surface area contributed by atoms with Gasteiger partial charge in [-0.25, -0.2) is 13.2 Å². The molecule has 0 fully saturated rings. The van der Waals surface area contributed by atoms with Crippen LogP contribution in [0.4, 0.5) is 5.69 Å². The zero-order valence-corrected chi connectivity index (χ0v) is 12.1. The molecule has 108 valence electrons. The molecule has 21 heavy (non-hydrogen) atoms. The number of halogens is 1. The average Bonchev–Trinajstić information content (AvgIpc) is 2.80. The number of aromatic nitrogens is 2. The lowest BCUT2D eigenvalue weighted by Gasteiger charge is -2.09. The van der Waals surface area contributed by atoms with Gasteiger partial charge in [0.05, 0.1) is 26.6 Å². The molecule has 1 aromatic heterocycles. The van der Waals surface area contributed by atoms with Crippen molar-refractivity contribution in [1.29, 1.82) is 0 Å². The summed E-state index contributed by atoms with van der Waals surface area (Å²) >= 11 is 5.94. The van der Waals surface area contributed by atoms with Crippen LogP contribution in [0.5, 0.6) is 0 Å². The van der Waals surface area contributed by atoms with Crippen molar-refractivity contribution in [1.82, 2.24) is 9.97 Å². The van der Waals surface area contributed by atoms with Gasteiger partial charge in [-0.05, 0) is 30.3 Å². The molecule has 0 saturated carbocycles. The third-order valence-electron chi connectivity index (χ3n) is 2.92. The summed E-state index contributed by atoms with van der Waals surface area (Å²) in [5, 5.41) is 0.303. The van der Waals surface area contributed by atoms with Crippen LogP contribution >= 0.6 is 11.6 Å². The third kappa shape index (κ3) is 2.65. The van der Waals surface area contributed by atoms with Gasteiger partial charge >= 0.3 is 5.69 Å². The Balaban J connectivity index is 2.03. The highest BCUT2D eigenvalue weighted by Gasteiger charge is 2.16. The number of hydrogen-bond donors (Lipinski definition) is 3. The average molecular weight is 324 g/mol. The van der Waals surface area contributed by atoms with Crippen LogP contribution < -0.4 is 10.4 Å². The van der Waals surface area contributed by atoms with Gasteiger partial charge in [-0.2, -0.15) is 0 Å². The maximum atomic E-state index is 12.3. The number of para-hydroxylation sites is 1. The van der Waals surface area contributed by atoms with Crippen molar-refractivity contribution in [3.8, 4) is 0 Å². The molecule has 8 heteroatoms. The molecular formula is C13H10ClN3O3S. The van der Waals surface area contributed by atoms with Crippen molar-refractivity contribution in [3.05, 3.63) is 58.0 Å². The number of anilines is 1. The zero-order valence-electron chi connectivity index (χ0n) is 10.6. The zero-order chi connectivity index (χ0) is 15.0. The van der Waals surface area contributed by atoms with Gasteiger partial charge in [0.1, 0.15) is 0 Å². The van der Waals surface area contributed by atoms with Gasteiger partial charge in [0.25, 0.3) is 10.0 Å². The van der Waals surface area contributed by atoms with Crippen LogP contribution in [0.15, 0.2) is 52.2 Å². The predicted octanol–water partition coefficient (Wildman–Crippen LogP) is 2.31. The second kappa shape index (κ2) is 4.94. The highest BCUT2D eigenvalue weighted by molar-refractivity contribution is 7.92. The highest BCUT2D eigenvalue weighted by Crippen LogP contribution is 2.24. The van der Waals surface area contributed by atoms with Crippen LogP contribution in [0, 0.1) is 0 Å². The van der Waals surface area contributed by atoms with Crippen LogP contribution in [0.1, 0.15) is 0 Å². The number of rotatable bonds is 3. The Morgan fingerprint density at radius 3 is 2.48 bits per heavy atom. The molecule has 0 aliphatic heterocycles. The molecule has 0 bridgehead atoms. The Morgan fingerprint density at radius 2 is 1.71 bits per heavy atom. The Kier molecular flexibility index (Phi) is 3.23. The van der Waals surface area contributed by atoms with Crippen molar-refractivity contribution in [2.75, 3.05) is 4.72 Å². The van der Waals surface area contributed by atoms with Gasteiger partial charge in [-0.3, -0.25) is 4.72 Å². The molecule has 0 atom stereocenters. The Bertz CT molecular complexity index is 975. The van der Waals surface area contributed by atoms with Crippen molar-refractivity contribution < 1.29 is 8.42 Å². The number of H-pyrrole nitrogens is 2. The van der Waals surface area contributed by atoms with E-state index >= 15 is 0 Å². The van der Waals surface area contributed by atoms with Crippen molar-refractivity contribution in [2.45, 2.75) is 4.90 Å². The van der Waals surface area contributed by atoms with E-state index in [1.54, 1.807) is 24.3 Å². The molecule has 0 spiro atoms. The fourth-order valence-corrected chi connectivity index (χ4v) is 3.27. The second-order valence-corrected chi connectivity index (χ2v) is 6.46. The molecule has 6 nitrogen and oxygen atoms in total. The van der Waals surface area contributed by atoms with E-state index in [1.165, 1.54) is 18.2 Å². The van der Waals surface area contributed by atoms with E-state index in [4.69, 9.17) is 11.6 Å². The summed E-state index contributed by atoms with van der Waals surface area (Å²) in [6.45, 7) is 0. The number of sulfonamides is 1. The quantitative estimate of drug-likeness (QED) is 0.690. The highest BCUT2D eigenvalue weighted by atomic mass is 35.5. The molecule has 1 heterocycles. The summed E-state index contributed by atoms with van der Waals surface area (Å²) in [4.78, 5) is 16.3. The topological polar surface area (TPSA) is 94.8 Å². The van der Waals surface area contributed by atoms with Crippen LogP contribution in [0.25, 0.3) is 11.0 Å². The van der Waals surface area contributed by atoms with E-state index in [2.05, 4.69) is 14.7 Å². The fraction of sp³-hybridized carbons (Fsp3) is 0. The number of hydrogen-bond acceptors (Lipinski definition) is 3. The van der Waals surface area contributed by atoms with Crippen molar-refractivity contribution >= 4 is 38.3 Å². The van der Waals surface area contributed by atoms with Gasteiger partial charge in [-0.15, -0.1) is 0 Å². The molecule has 0 radical (unpaired) electrons. The first kappa shape index (κ1) is 13.7. The van der Waals surface area contributed by atoms with Crippen LogP contribution in [-0.2, 0) is 10.0 Å². The van der Waals surface area contributed by atoms with Gasteiger partial charge in [0, 0.05) is 0 Å². The largest absolute Gasteiger partial charge is 0.323 e. The summed E-state index contributed by atoms with van der Waals surface area (Å²) in [5.41, 5.74) is 0.860. The summed E-state index contributed by atoms with van der Waals surface area (Å²) in [5.74, 6) is 0. The minimum Gasteiger partial charge on any atom is -0.306 e. The summed E-state index contributed by atoms with van der Waals surface area (Å²) in [6, 6.07) is 10.8. The van der Waals surface area contributed by atoms with E-state index in [9.17, 15) is 13.2 Å². The standard InChI is InChI=1S/C13H10ClN3O3S/c14-9-3-1-2-4-10(9)17-21(19,20)8-5-6-11-12(7-8)16-13(18)15-11/h1-7,17H,(H2,15,16,18). The first-order valence-electron chi connectivity index (χ1n) is 5.95. The first-order valence-corrected chi connectivity index (χ1v) is 7.81. The van der Waals surface area contributed by atoms with E-state index in [-0.39, 0.29) is 4.90 Å². The van der Waals surface area contributed by atoms with Crippen molar-refractivity contribution in [3.63, 3.8) is 0 Å². The van der Waals surface area contributed by atoms with Gasteiger partial charge < -0.3 is 9.97 Å². The van der Waals surface area contributed by atoms with Crippen LogP contribution in [0.2, 0.25) is 5.02 Å². The van der Waals surface area contributed by atoms with Gasteiger partial charge in [0.2, 0.25) is 0 Å². The maximum absolute atomic E-state index is 12.3. The van der Waals surface area contributed by atoms with Gasteiger partial charge in [-0.1, -0.05) is 23.7 Å². The molecule has 0 aliphatic carbocycles. The Labute approximate surface area is 124 Å². The van der Waals surface area contributed by atoms with E-state index in [1.807, 2.05) is 0 Å². The monoisotopic (exact) mass is 323 g/mol. The third-order valence-corrected chi connectivity index (χ3v) is 4.61. The maximum Gasteiger partial charge on any atom is 0.323 e. The smallest absolute Gasteiger partial charge is 0.306 e. The van der Waals surface area contributed by atoms with Crippen LogP contribution in [-0.4, -0.2) is 18.4 Å². The lowest BCUT2D eigenvalue weighted by atomic mass is 10.3. The molecule has 0 unspecified atom stereocenters. The molecule has 3 N–H and O–H groups in total. The normalized spacial score (nSPS) is 11.7. The van der Waals surface area contributed by atoms with Crippen molar-refractivity contribution in [2.24, 2.45) is 0 Å². The van der Waals surface area contributed by atoms with E-state index in [0.29, 0.717) is 21.7 Å². The summed E-state index contributed by atoms with van der Waals surface area (Å²) in [6.07, 6.45) is 0. The van der Waals surface area contributed by atoms with E-state index < -0.39 is 15.7 Å². The molecule has 2 aromatic carbocycles. The fourth-order valence-electron chi connectivity index (χ4n) is 1.93. The molecule has 0 amide bonds. The first-order chi connectivity index (χ1) is 9.95. The lowest BCUT2D eigenvalue weighted by Crippen LogP contribution is -2.13. The molecule has 0 aliphatic rings. The predicted molar refractivity (Wildman–Crippen MR) is 81.2 cm³/mol. The Hall–Kier alpha value is -2.25.